The number of aliphatic carboxylic acids is 3. The van der Waals surface area contributed by atoms with Crippen LogP contribution in [-0.4, -0.2) is 134 Å². The molecule has 10 heteroatoms. The maximum absolute atomic E-state index is 10.3. The Morgan fingerprint density at radius 3 is 1.38 bits per heavy atom. The summed E-state index contributed by atoms with van der Waals surface area (Å²) in [6.07, 6.45) is 0. The molecule has 0 aromatic rings. The van der Waals surface area contributed by atoms with Gasteiger partial charge in [-0.05, 0) is 6.92 Å². The van der Waals surface area contributed by atoms with Crippen molar-refractivity contribution in [3.8, 4) is 0 Å². The second-order valence-corrected chi connectivity index (χ2v) is 2.34. The fourth-order valence-electron chi connectivity index (χ4n) is 0.569. The molecule has 0 spiro atoms. The standard InChI is InChI=1S/C6H9NO6.3Na/c1-2(4(8)9)7-3(5(10)11)6(12)13;;;/h2-3,7H,1H3,(H,8,9)(H,10,11)(H,12,13);;;/t2-;;;/m0.../s1. The number of carbonyl (C=O) groups is 3. The molecule has 4 N–H and O–H groups in total. The largest absolute Gasteiger partial charge is 0.480 e. The second kappa shape index (κ2) is 12.8. The molecule has 0 aliphatic carbocycles. The molecule has 7 nitrogen and oxygen atoms in total. The fraction of sp³-hybridized carbons (Fsp3) is 0.500. The number of hydrogen-bond acceptors (Lipinski definition) is 4. The maximum Gasteiger partial charge on any atom is 0.332 e. The van der Waals surface area contributed by atoms with Crippen LogP contribution in [0.25, 0.3) is 0 Å². The molecule has 0 heterocycles. The minimum Gasteiger partial charge on any atom is -0.480 e. The number of carboxylic acid groups (broad SMARTS) is 3. The van der Waals surface area contributed by atoms with E-state index in [9.17, 15) is 14.4 Å². The van der Waals surface area contributed by atoms with Crippen LogP contribution in [0, 0.1) is 0 Å². The Hall–Kier alpha value is 1.37. The van der Waals surface area contributed by atoms with Gasteiger partial charge in [-0.3, -0.25) is 10.1 Å². The number of hydrogen-bond donors (Lipinski definition) is 4. The van der Waals surface area contributed by atoms with Crippen molar-refractivity contribution in [1.29, 1.82) is 0 Å². The van der Waals surface area contributed by atoms with Gasteiger partial charge in [0.25, 0.3) is 0 Å². The molecular weight excluding hydrogens is 251 g/mol. The number of carboxylic acids is 3. The molecule has 16 heavy (non-hydrogen) atoms. The number of rotatable bonds is 5. The van der Waals surface area contributed by atoms with Crippen molar-refractivity contribution >= 4 is 107 Å². The van der Waals surface area contributed by atoms with Crippen molar-refractivity contribution in [2.75, 3.05) is 0 Å². The van der Waals surface area contributed by atoms with Gasteiger partial charge in [-0.2, -0.15) is 0 Å². The van der Waals surface area contributed by atoms with Gasteiger partial charge in [0.15, 0.2) is 0 Å². The van der Waals surface area contributed by atoms with Gasteiger partial charge in [0.2, 0.25) is 6.04 Å². The van der Waals surface area contributed by atoms with Gasteiger partial charge in [0, 0.05) is 88.7 Å². The Kier molecular flexibility index (Phi) is 20.9. The van der Waals surface area contributed by atoms with E-state index in [-0.39, 0.29) is 88.7 Å². The summed E-state index contributed by atoms with van der Waals surface area (Å²) in [5, 5.41) is 26.9. The van der Waals surface area contributed by atoms with E-state index < -0.39 is 30.0 Å². The third-order valence-electron chi connectivity index (χ3n) is 1.28. The molecule has 0 aliphatic rings. The van der Waals surface area contributed by atoms with Crippen molar-refractivity contribution in [2.24, 2.45) is 0 Å². The minimum atomic E-state index is -1.90. The molecule has 0 bridgehead atoms. The zero-order chi connectivity index (χ0) is 10.6. The van der Waals surface area contributed by atoms with Crippen molar-refractivity contribution in [3.63, 3.8) is 0 Å². The van der Waals surface area contributed by atoms with E-state index in [1.165, 1.54) is 0 Å². The van der Waals surface area contributed by atoms with Crippen molar-refractivity contribution in [3.05, 3.63) is 0 Å². The number of nitrogens with one attached hydrogen (secondary N) is 1. The SMILES string of the molecule is C[C@H](NC(C(=O)O)C(=O)O)C(=O)O.[Na].[Na].[Na]. The van der Waals surface area contributed by atoms with Crippen LogP contribution in [-0.2, 0) is 14.4 Å². The van der Waals surface area contributed by atoms with Crippen molar-refractivity contribution < 1.29 is 29.7 Å². The summed E-state index contributed by atoms with van der Waals surface area (Å²) < 4.78 is 0. The predicted molar refractivity (Wildman–Crippen MR) is 56.6 cm³/mol. The Labute approximate surface area is 158 Å². The first-order valence-electron chi connectivity index (χ1n) is 3.30. The van der Waals surface area contributed by atoms with E-state index in [2.05, 4.69) is 0 Å². The van der Waals surface area contributed by atoms with Crippen LogP contribution in [0.1, 0.15) is 6.92 Å². The van der Waals surface area contributed by atoms with Crippen LogP contribution in [0.15, 0.2) is 0 Å². The van der Waals surface area contributed by atoms with E-state index in [0.29, 0.717) is 0 Å². The van der Waals surface area contributed by atoms with Crippen molar-refractivity contribution in [2.45, 2.75) is 19.0 Å². The molecular formula is C6H9NNa3O6. The van der Waals surface area contributed by atoms with Crippen LogP contribution >= 0.6 is 0 Å². The Balaban J connectivity index is -0.000000240. The van der Waals surface area contributed by atoms with Gasteiger partial charge < -0.3 is 15.3 Å². The van der Waals surface area contributed by atoms with Gasteiger partial charge in [0.1, 0.15) is 6.04 Å². The summed E-state index contributed by atoms with van der Waals surface area (Å²) in [4.78, 5) is 30.8. The summed E-state index contributed by atoms with van der Waals surface area (Å²) in [5.41, 5.74) is 0. The van der Waals surface area contributed by atoms with Crippen LogP contribution < -0.4 is 5.32 Å². The normalized spacial score (nSPS) is 10.1. The molecule has 1 atom stereocenters. The molecule has 77 valence electrons. The second-order valence-electron chi connectivity index (χ2n) is 2.34. The molecule has 0 rings (SSSR count). The predicted octanol–water partition coefficient (Wildman–Crippen LogP) is -2.56. The van der Waals surface area contributed by atoms with Crippen LogP contribution in [0.2, 0.25) is 0 Å². The smallest absolute Gasteiger partial charge is 0.332 e. The van der Waals surface area contributed by atoms with Crippen LogP contribution in [0.4, 0.5) is 0 Å². The quantitative estimate of drug-likeness (QED) is 0.316. The van der Waals surface area contributed by atoms with Gasteiger partial charge in [-0.15, -0.1) is 0 Å². The molecule has 0 unspecified atom stereocenters. The fourth-order valence-corrected chi connectivity index (χ4v) is 0.569. The van der Waals surface area contributed by atoms with E-state index in [1.807, 2.05) is 5.32 Å². The van der Waals surface area contributed by atoms with Gasteiger partial charge in [-0.1, -0.05) is 0 Å². The zero-order valence-corrected chi connectivity index (χ0v) is 15.7. The Morgan fingerprint density at radius 1 is 0.875 bits per heavy atom. The average Bonchev–Trinajstić information content (AvgIpc) is 1.97. The Morgan fingerprint density at radius 2 is 1.19 bits per heavy atom. The topological polar surface area (TPSA) is 124 Å². The maximum atomic E-state index is 10.3. The molecule has 0 aromatic heterocycles. The molecule has 0 aliphatic heterocycles. The van der Waals surface area contributed by atoms with E-state index in [4.69, 9.17) is 15.3 Å². The molecule has 0 fully saturated rings. The van der Waals surface area contributed by atoms with Gasteiger partial charge >= 0.3 is 17.9 Å². The summed E-state index contributed by atoms with van der Waals surface area (Å²) in [5.74, 6) is -4.56. The summed E-state index contributed by atoms with van der Waals surface area (Å²) in [7, 11) is 0. The third kappa shape index (κ3) is 10.5. The van der Waals surface area contributed by atoms with E-state index >= 15 is 0 Å². The first-order chi connectivity index (χ1) is 5.86. The zero-order valence-electron chi connectivity index (χ0n) is 9.72. The van der Waals surface area contributed by atoms with Crippen LogP contribution in [0.5, 0.6) is 0 Å². The molecule has 0 amide bonds. The molecule has 3 radical (unpaired) electrons. The summed E-state index contributed by atoms with van der Waals surface area (Å²) in [6.45, 7) is 1.15. The molecule has 0 saturated heterocycles. The monoisotopic (exact) mass is 260 g/mol. The molecule has 0 aromatic carbocycles. The minimum absolute atomic E-state index is 0. The first-order valence-corrected chi connectivity index (χ1v) is 3.30. The Bertz CT molecular complexity index is 234. The van der Waals surface area contributed by atoms with Crippen molar-refractivity contribution in [1.82, 2.24) is 5.32 Å². The van der Waals surface area contributed by atoms with Crippen LogP contribution in [0.3, 0.4) is 0 Å². The van der Waals surface area contributed by atoms with E-state index in [0.717, 1.165) is 6.92 Å². The van der Waals surface area contributed by atoms with E-state index in [1.54, 1.807) is 0 Å². The van der Waals surface area contributed by atoms with Gasteiger partial charge in [0.05, 0.1) is 0 Å². The first kappa shape index (κ1) is 26.0. The average molecular weight is 260 g/mol. The molecule has 0 saturated carbocycles. The summed E-state index contributed by atoms with van der Waals surface area (Å²) in [6, 6.07) is -3.12. The summed E-state index contributed by atoms with van der Waals surface area (Å²) >= 11 is 0. The third-order valence-corrected chi connectivity index (χ3v) is 1.28. The van der Waals surface area contributed by atoms with Gasteiger partial charge in [-0.25, -0.2) is 9.59 Å².